The molecule has 2 saturated heterocycles. The molecule has 1 N–H and O–H groups in total. The maximum atomic E-state index is 10.2. The largest absolute Gasteiger partial charge is 0.411 e. The van der Waals surface area contributed by atoms with Gasteiger partial charge in [0.05, 0.1) is 29.8 Å². The first kappa shape index (κ1) is 21.2. The topological polar surface area (TPSA) is 57.2 Å². The van der Waals surface area contributed by atoms with Gasteiger partial charge in [-0.2, -0.15) is 0 Å². The summed E-state index contributed by atoms with van der Waals surface area (Å²) in [5.74, 6) is 0. The predicted molar refractivity (Wildman–Crippen MR) is 111 cm³/mol. The molecule has 2 aliphatic carbocycles. The molecule has 1 spiro atoms. The summed E-state index contributed by atoms with van der Waals surface area (Å²) in [6.45, 7) is 22.0. The highest BCUT2D eigenvalue weighted by molar-refractivity contribution is 6.70. The smallest absolute Gasteiger partial charge is 0.184 e. The standard InChI is InChI=1S/C18H38O5Si3/c1-16-12-17(14(16)21-24(2,3)4)15(22-25(5,6)7)18(17,13(11-19)20-16)23-26(8,9)10/h13-15,19H,11-12H2,1-10H3. The number of aliphatic hydroxyl groups is 1. The minimum Gasteiger partial charge on any atom is -0.411 e. The van der Waals surface area contributed by atoms with Crippen LogP contribution < -0.4 is 0 Å². The van der Waals surface area contributed by atoms with Crippen LogP contribution in [0.2, 0.25) is 58.9 Å². The number of ether oxygens (including phenoxy) is 1. The summed E-state index contributed by atoms with van der Waals surface area (Å²) in [6, 6.07) is 0. The van der Waals surface area contributed by atoms with Crippen molar-refractivity contribution < 1.29 is 23.1 Å². The van der Waals surface area contributed by atoms with Crippen molar-refractivity contribution in [2.75, 3.05) is 6.61 Å². The summed E-state index contributed by atoms with van der Waals surface area (Å²) in [5, 5.41) is 10.2. The Labute approximate surface area is 162 Å². The number of hydrogen-bond donors (Lipinski definition) is 1. The Morgan fingerprint density at radius 1 is 0.885 bits per heavy atom. The molecule has 2 saturated carbocycles. The summed E-state index contributed by atoms with van der Waals surface area (Å²) in [6.07, 6.45) is 0.506. The molecule has 152 valence electrons. The summed E-state index contributed by atoms with van der Waals surface area (Å²) < 4.78 is 26.6. The molecule has 4 rings (SSSR count). The van der Waals surface area contributed by atoms with Crippen LogP contribution >= 0.6 is 0 Å². The van der Waals surface area contributed by atoms with E-state index in [2.05, 4.69) is 65.8 Å². The summed E-state index contributed by atoms with van der Waals surface area (Å²) in [5.41, 5.74) is -1.08. The van der Waals surface area contributed by atoms with Crippen LogP contribution in [-0.4, -0.2) is 66.2 Å². The van der Waals surface area contributed by atoms with E-state index in [0.717, 1.165) is 6.42 Å². The normalized spacial score (nSPS) is 45.1. The first-order chi connectivity index (χ1) is 11.5. The molecule has 6 atom stereocenters. The zero-order chi connectivity index (χ0) is 20.0. The molecular formula is C18H38O5Si3. The summed E-state index contributed by atoms with van der Waals surface area (Å²) in [7, 11) is -5.44. The third kappa shape index (κ3) is 3.05. The average Bonchev–Trinajstić information content (AvgIpc) is 2.94. The van der Waals surface area contributed by atoms with Gasteiger partial charge >= 0.3 is 0 Å². The zero-order valence-electron chi connectivity index (χ0n) is 18.2. The number of rotatable bonds is 7. The van der Waals surface area contributed by atoms with Gasteiger partial charge in [0, 0.05) is 0 Å². The van der Waals surface area contributed by atoms with Crippen LogP contribution in [0.5, 0.6) is 0 Å². The molecule has 0 radical (unpaired) electrons. The van der Waals surface area contributed by atoms with Crippen LogP contribution in [0.1, 0.15) is 13.3 Å². The molecule has 2 bridgehead atoms. The van der Waals surface area contributed by atoms with Crippen LogP contribution in [0.25, 0.3) is 0 Å². The lowest BCUT2D eigenvalue weighted by Crippen LogP contribution is -2.74. The second kappa shape index (κ2) is 5.75. The lowest BCUT2D eigenvalue weighted by atomic mass is 9.61. The van der Waals surface area contributed by atoms with Gasteiger partial charge in [-0.25, -0.2) is 0 Å². The highest BCUT2D eigenvalue weighted by Gasteiger charge is 2.96. The first-order valence-electron chi connectivity index (χ1n) is 9.85. The van der Waals surface area contributed by atoms with Crippen molar-refractivity contribution in [2.24, 2.45) is 5.41 Å². The molecule has 5 nitrogen and oxygen atoms in total. The molecule has 2 aliphatic heterocycles. The monoisotopic (exact) mass is 418 g/mol. The molecule has 4 fully saturated rings. The van der Waals surface area contributed by atoms with Gasteiger partial charge in [0.15, 0.2) is 25.0 Å². The quantitative estimate of drug-likeness (QED) is 0.641. The minimum atomic E-state index is -1.89. The maximum Gasteiger partial charge on any atom is 0.184 e. The third-order valence-electron chi connectivity index (χ3n) is 5.64. The van der Waals surface area contributed by atoms with E-state index in [4.69, 9.17) is 18.0 Å². The first-order valence-corrected chi connectivity index (χ1v) is 20.1. The van der Waals surface area contributed by atoms with Crippen LogP contribution in [-0.2, 0) is 18.0 Å². The van der Waals surface area contributed by atoms with Gasteiger partial charge in [-0.3, -0.25) is 0 Å². The van der Waals surface area contributed by atoms with E-state index in [9.17, 15) is 5.11 Å². The van der Waals surface area contributed by atoms with Crippen molar-refractivity contribution in [1.29, 1.82) is 0 Å². The molecule has 8 heteroatoms. The fourth-order valence-corrected chi connectivity index (χ4v) is 8.98. The molecule has 26 heavy (non-hydrogen) atoms. The van der Waals surface area contributed by atoms with E-state index in [1.54, 1.807) is 0 Å². The van der Waals surface area contributed by atoms with Gasteiger partial charge < -0.3 is 23.1 Å². The number of fused-ring (bicyclic) bond motifs is 1. The Morgan fingerprint density at radius 2 is 1.38 bits per heavy atom. The van der Waals surface area contributed by atoms with Crippen molar-refractivity contribution in [2.45, 2.75) is 102 Å². The van der Waals surface area contributed by atoms with Crippen molar-refractivity contribution in [1.82, 2.24) is 0 Å². The Kier molecular flexibility index (Phi) is 4.68. The van der Waals surface area contributed by atoms with E-state index in [1.807, 2.05) is 0 Å². The van der Waals surface area contributed by atoms with Gasteiger partial charge in [-0.05, 0) is 72.3 Å². The zero-order valence-corrected chi connectivity index (χ0v) is 21.2. The van der Waals surface area contributed by atoms with E-state index >= 15 is 0 Å². The van der Waals surface area contributed by atoms with Crippen LogP contribution in [0.15, 0.2) is 0 Å². The van der Waals surface area contributed by atoms with Crippen molar-refractivity contribution in [3.63, 3.8) is 0 Å². The molecule has 6 unspecified atom stereocenters. The summed E-state index contributed by atoms with van der Waals surface area (Å²) in [4.78, 5) is 0. The van der Waals surface area contributed by atoms with Crippen LogP contribution in [0.3, 0.4) is 0 Å². The van der Waals surface area contributed by atoms with Crippen molar-refractivity contribution in [3.05, 3.63) is 0 Å². The Morgan fingerprint density at radius 3 is 1.81 bits per heavy atom. The van der Waals surface area contributed by atoms with E-state index < -0.39 is 30.6 Å². The molecule has 0 aromatic rings. The van der Waals surface area contributed by atoms with E-state index in [0.29, 0.717) is 0 Å². The van der Waals surface area contributed by atoms with Gasteiger partial charge in [0.1, 0.15) is 11.7 Å². The van der Waals surface area contributed by atoms with E-state index in [1.165, 1.54) is 0 Å². The highest BCUT2D eigenvalue weighted by atomic mass is 28.4. The number of hydrogen-bond acceptors (Lipinski definition) is 5. The molecule has 2 heterocycles. The van der Waals surface area contributed by atoms with Crippen LogP contribution in [0, 0.1) is 5.41 Å². The molecule has 0 aromatic carbocycles. The molecule has 0 amide bonds. The Bertz CT molecular complexity index is 581. The lowest BCUT2D eigenvalue weighted by Gasteiger charge is -2.62. The second-order valence-electron chi connectivity index (χ2n) is 11.5. The average molecular weight is 419 g/mol. The lowest BCUT2D eigenvalue weighted by molar-refractivity contribution is -0.311. The second-order valence-corrected chi connectivity index (χ2v) is 24.9. The Balaban J connectivity index is 2.05. The van der Waals surface area contributed by atoms with Gasteiger partial charge in [-0.15, -0.1) is 0 Å². The maximum absolute atomic E-state index is 10.2. The van der Waals surface area contributed by atoms with Gasteiger partial charge in [0.25, 0.3) is 0 Å². The fraction of sp³-hybridized carbons (Fsp3) is 1.00. The Hall–Kier alpha value is 0.451. The van der Waals surface area contributed by atoms with Gasteiger partial charge in [0.2, 0.25) is 0 Å². The van der Waals surface area contributed by atoms with Crippen molar-refractivity contribution >= 4 is 25.0 Å². The third-order valence-corrected chi connectivity index (χ3v) is 8.48. The molecule has 4 aliphatic rings. The number of aliphatic hydroxyl groups excluding tert-OH is 1. The SMILES string of the molecule is CC12CC3(C1O[Si](C)(C)C)C(O[Si](C)(C)C)C3(O[Si](C)(C)C)C(CO)O2. The van der Waals surface area contributed by atoms with Crippen LogP contribution in [0.4, 0.5) is 0 Å². The van der Waals surface area contributed by atoms with Crippen molar-refractivity contribution in [3.8, 4) is 0 Å². The summed E-state index contributed by atoms with van der Waals surface area (Å²) >= 11 is 0. The minimum absolute atomic E-state index is 0.0119. The van der Waals surface area contributed by atoms with E-state index in [-0.39, 0.29) is 35.9 Å². The highest BCUT2D eigenvalue weighted by Crippen LogP contribution is 2.81. The van der Waals surface area contributed by atoms with Gasteiger partial charge in [-0.1, -0.05) is 0 Å². The predicted octanol–water partition coefficient (Wildman–Crippen LogP) is 3.57. The fourth-order valence-electron chi connectivity index (χ4n) is 5.28. The molecular weight excluding hydrogens is 380 g/mol. The molecule has 0 aromatic heterocycles.